The summed E-state index contributed by atoms with van der Waals surface area (Å²) >= 11 is 0. The van der Waals surface area contributed by atoms with Gasteiger partial charge in [-0.1, -0.05) is 13.8 Å². The van der Waals surface area contributed by atoms with E-state index in [2.05, 4.69) is 44.1 Å². The molecule has 3 heterocycles. The molecule has 0 aliphatic carbocycles. The fraction of sp³-hybridized carbons (Fsp3) is 0.700. The highest BCUT2D eigenvalue weighted by molar-refractivity contribution is 5.57. The lowest BCUT2D eigenvalue weighted by Gasteiger charge is -2.33. The Kier molecular flexibility index (Phi) is 5.81. The fourth-order valence-electron chi connectivity index (χ4n) is 3.86. The molecule has 1 aromatic heterocycles. The molecule has 0 spiro atoms. The van der Waals surface area contributed by atoms with Crippen LogP contribution in [-0.4, -0.2) is 45.0 Å². The number of pyridine rings is 1. The molecule has 1 fully saturated rings. The van der Waals surface area contributed by atoms with Crippen molar-refractivity contribution >= 4 is 5.82 Å². The van der Waals surface area contributed by atoms with E-state index in [9.17, 15) is 5.26 Å². The molecule has 142 valence electrons. The molecule has 0 radical (unpaired) electrons. The molecular formula is C20H32N4O2+2. The van der Waals surface area contributed by atoms with Gasteiger partial charge in [-0.05, 0) is 19.4 Å². The predicted molar refractivity (Wildman–Crippen MR) is 99.2 cm³/mol. The van der Waals surface area contributed by atoms with Gasteiger partial charge in [-0.2, -0.15) is 5.26 Å². The number of hydrogen-bond donors (Lipinski definition) is 2. The first-order valence-electron chi connectivity index (χ1n) is 9.71. The van der Waals surface area contributed by atoms with Crippen molar-refractivity contribution in [3.63, 3.8) is 0 Å². The molecule has 0 amide bonds. The third-order valence-corrected chi connectivity index (χ3v) is 5.38. The van der Waals surface area contributed by atoms with Gasteiger partial charge in [0.25, 0.3) is 5.82 Å². The SMILES string of the molecule is CC(C)c1[nH+]c(NCC[NH+]2CCOCC2)c(C#N)c2c1COC(C)(C)C2. The van der Waals surface area contributed by atoms with E-state index in [1.807, 2.05) is 0 Å². The number of aromatic amines is 1. The van der Waals surface area contributed by atoms with Gasteiger partial charge < -0.3 is 14.4 Å². The molecule has 3 N–H and O–H groups in total. The molecule has 6 heteroatoms. The van der Waals surface area contributed by atoms with Crippen LogP contribution in [0.25, 0.3) is 0 Å². The molecule has 6 nitrogen and oxygen atoms in total. The fourth-order valence-corrected chi connectivity index (χ4v) is 3.86. The highest BCUT2D eigenvalue weighted by Crippen LogP contribution is 2.34. The van der Waals surface area contributed by atoms with E-state index in [1.54, 1.807) is 4.90 Å². The van der Waals surface area contributed by atoms with Crippen LogP contribution in [-0.2, 0) is 22.5 Å². The Bertz CT molecular complexity index is 688. The Labute approximate surface area is 156 Å². The van der Waals surface area contributed by atoms with Crippen LogP contribution < -0.4 is 15.2 Å². The molecule has 26 heavy (non-hydrogen) atoms. The van der Waals surface area contributed by atoms with E-state index in [0.717, 1.165) is 62.8 Å². The van der Waals surface area contributed by atoms with Gasteiger partial charge in [-0.25, -0.2) is 4.98 Å². The van der Waals surface area contributed by atoms with Crippen molar-refractivity contribution in [3.8, 4) is 6.07 Å². The molecule has 3 rings (SSSR count). The van der Waals surface area contributed by atoms with E-state index in [4.69, 9.17) is 9.47 Å². The summed E-state index contributed by atoms with van der Waals surface area (Å²) in [6, 6.07) is 2.44. The summed E-state index contributed by atoms with van der Waals surface area (Å²) in [5.41, 5.74) is 4.00. The zero-order valence-corrected chi connectivity index (χ0v) is 16.5. The van der Waals surface area contributed by atoms with E-state index < -0.39 is 0 Å². The lowest BCUT2D eigenvalue weighted by molar-refractivity contribution is -0.906. The number of morpholine rings is 1. The summed E-state index contributed by atoms with van der Waals surface area (Å²) in [6.07, 6.45) is 0.767. The Morgan fingerprint density at radius 2 is 2.00 bits per heavy atom. The molecule has 1 aromatic rings. The smallest absolute Gasteiger partial charge is 0.291 e. The zero-order valence-electron chi connectivity index (χ0n) is 16.5. The average Bonchev–Trinajstić information content (AvgIpc) is 2.61. The molecule has 2 aliphatic heterocycles. The maximum atomic E-state index is 9.85. The van der Waals surface area contributed by atoms with Crippen molar-refractivity contribution in [1.29, 1.82) is 5.26 Å². The van der Waals surface area contributed by atoms with Crippen LogP contribution in [0.15, 0.2) is 0 Å². The van der Waals surface area contributed by atoms with Crippen molar-refractivity contribution in [1.82, 2.24) is 0 Å². The van der Waals surface area contributed by atoms with Crippen LogP contribution in [0.3, 0.4) is 0 Å². The minimum atomic E-state index is -0.233. The second kappa shape index (κ2) is 7.91. The topological polar surface area (TPSA) is 72.9 Å². The number of nitriles is 1. The van der Waals surface area contributed by atoms with Crippen LogP contribution in [0.2, 0.25) is 0 Å². The first-order valence-corrected chi connectivity index (χ1v) is 9.71. The quantitative estimate of drug-likeness (QED) is 0.810. The zero-order chi connectivity index (χ0) is 18.7. The first-order chi connectivity index (χ1) is 12.4. The maximum Gasteiger partial charge on any atom is 0.291 e. The van der Waals surface area contributed by atoms with Gasteiger partial charge in [0.05, 0.1) is 25.4 Å². The second-order valence-electron chi connectivity index (χ2n) is 8.28. The molecule has 0 bridgehead atoms. The van der Waals surface area contributed by atoms with Gasteiger partial charge in [0, 0.05) is 17.9 Å². The first kappa shape index (κ1) is 19.1. The summed E-state index contributed by atoms with van der Waals surface area (Å²) in [5, 5.41) is 13.4. The largest absolute Gasteiger partial charge is 0.370 e. The van der Waals surface area contributed by atoms with Crippen LogP contribution >= 0.6 is 0 Å². The standard InChI is InChI=1S/C20H30N4O2/c1-14(2)18-17-13-26-20(3,4)11-15(17)16(12-21)19(23-18)22-5-6-24-7-9-25-10-8-24/h14H,5-11,13H2,1-4H3,(H,22,23)/p+2. The number of H-pyrrole nitrogens is 1. The summed E-state index contributed by atoms with van der Waals surface area (Å²) in [4.78, 5) is 5.06. The number of fused-ring (bicyclic) bond motifs is 1. The molecule has 0 atom stereocenters. The van der Waals surface area contributed by atoms with Gasteiger partial charge in [-0.15, -0.1) is 0 Å². The Hall–Kier alpha value is -1.68. The summed E-state index contributed by atoms with van der Waals surface area (Å²) in [5.74, 6) is 1.21. The third-order valence-electron chi connectivity index (χ3n) is 5.38. The van der Waals surface area contributed by atoms with Gasteiger partial charge in [0.1, 0.15) is 43.5 Å². The Morgan fingerprint density at radius 3 is 2.65 bits per heavy atom. The van der Waals surface area contributed by atoms with Crippen molar-refractivity contribution < 1.29 is 19.4 Å². The molecule has 2 aliphatic rings. The lowest BCUT2D eigenvalue weighted by Crippen LogP contribution is -3.14. The van der Waals surface area contributed by atoms with E-state index in [1.165, 1.54) is 11.3 Å². The minimum absolute atomic E-state index is 0.233. The summed E-state index contributed by atoms with van der Waals surface area (Å²) in [7, 11) is 0. The molecule has 1 saturated heterocycles. The number of ether oxygens (including phenoxy) is 2. The third kappa shape index (κ3) is 4.17. The predicted octanol–water partition coefficient (Wildman–Crippen LogP) is 0.674. The van der Waals surface area contributed by atoms with E-state index in [-0.39, 0.29) is 5.60 Å². The van der Waals surface area contributed by atoms with Crippen LogP contribution in [0.1, 0.15) is 56.0 Å². The Balaban J connectivity index is 1.84. The lowest BCUT2D eigenvalue weighted by atomic mass is 9.86. The van der Waals surface area contributed by atoms with Crippen molar-refractivity contribution in [2.75, 3.05) is 44.7 Å². The van der Waals surface area contributed by atoms with Gasteiger partial charge in [0.2, 0.25) is 0 Å². The highest BCUT2D eigenvalue weighted by atomic mass is 16.5. The van der Waals surface area contributed by atoms with Crippen LogP contribution in [0.5, 0.6) is 0 Å². The number of nitrogens with zero attached hydrogens (tertiary/aromatic N) is 1. The normalized spacial score (nSPS) is 19.8. The van der Waals surface area contributed by atoms with Gasteiger partial charge in [0.15, 0.2) is 0 Å². The molecule has 0 saturated carbocycles. The Morgan fingerprint density at radius 1 is 1.27 bits per heavy atom. The summed E-state index contributed by atoms with van der Waals surface area (Å²) in [6.45, 7) is 14.8. The number of aromatic nitrogens is 1. The molecule has 0 unspecified atom stereocenters. The number of nitrogens with one attached hydrogen (secondary N) is 3. The average molecular weight is 361 g/mol. The molecule has 0 aromatic carbocycles. The highest BCUT2D eigenvalue weighted by Gasteiger charge is 2.34. The number of hydrogen-bond acceptors (Lipinski definition) is 4. The second-order valence-corrected chi connectivity index (χ2v) is 8.28. The van der Waals surface area contributed by atoms with Crippen molar-refractivity contribution in [2.24, 2.45) is 0 Å². The number of anilines is 1. The van der Waals surface area contributed by atoms with Crippen LogP contribution in [0.4, 0.5) is 5.82 Å². The van der Waals surface area contributed by atoms with E-state index >= 15 is 0 Å². The summed E-state index contributed by atoms with van der Waals surface area (Å²) < 4.78 is 11.4. The maximum absolute atomic E-state index is 9.85. The van der Waals surface area contributed by atoms with Crippen molar-refractivity contribution in [2.45, 2.75) is 52.2 Å². The van der Waals surface area contributed by atoms with Crippen LogP contribution in [0, 0.1) is 11.3 Å². The molecular weight excluding hydrogens is 328 g/mol. The number of quaternary nitrogens is 1. The monoisotopic (exact) mass is 360 g/mol. The van der Waals surface area contributed by atoms with E-state index in [0.29, 0.717) is 12.5 Å². The number of rotatable bonds is 5. The van der Waals surface area contributed by atoms with Gasteiger partial charge >= 0.3 is 0 Å². The van der Waals surface area contributed by atoms with Gasteiger partial charge in [-0.3, -0.25) is 5.32 Å². The van der Waals surface area contributed by atoms with Crippen molar-refractivity contribution in [3.05, 3.63) is 22.4 Å². The minimum Gasteiger partial charge on any atom is -0.370 e.